The van der Waals surface area contributed by atoms with Crippen LogP contribution in [0.5, 0.6) is 0 Å². The number of nitrogens with one attached hydrogen (secondary N) is 2. The molecule has 0 unspecified atom stereocenters. The SMILES string of the molecule is CCc1ccc(NC(=S)Nc2cc(C(F)(F)F)ccc2N2CCOCC2)cc1. The second-order valence-electron chi connectivity index (χ2n) is 6.46. The lowest BCUT2D eigenvalue weighted by Crippen LogP contribution is -2.37. The summed E-state index contributed by atoms with van der Waals surface area (Å²) in [6, 6.07) is 11.4. The third-order valence-electron chi connectivity index (χ3n) is 4.54. The van der Waals surface area contributed by atoms with Gasteiger partial charge in [0.15, 0.2) is 5.11 Å². The van der Waals surface area contributed by atoms with Crippen molar-refractivity contribution >= 4 is 34.4 Å². The van der Waals surface area contributed by atoms with Crippen molar-refractivity contribution in [3.8, 4) is 0 Å². The Labute approximate surface area is 167 Å². The molecule has 4 nitrogen and oxygen atoms in total. The minimum absolute atomic E-state index is 0.234. The maximum Gasteiger partial charge on any atom is 0.416 e. The lowest BCUT2D eigenvalue weighted by Gasteiger charge is -2.31. The van der Waals surface area contributed by atoms with E-state index in [2.05, 4.69) is 17.6 Å². The molecule has 1 aliphatic heterocycles. The van der Waals surface area contributed by atoms with Crippen molar-refractivity contribution in [2.45, 2.75) is 19.5 Å². The van der Waals surface area contributed by atoms with Crippen molar-refractivity contribution in [1.29, 1.82) is 0 Å². The molecule has 0 atom stereocenters. The molecule has 2 aromatic rings. The first-order valence-corrected chi connectivity index (χ1v) is 9.48. The summed E-state index contributed by atoms with van der Waals surface area (Å²) in [4.78, 5) is 1.99. The molecule has 1 heterocycles. The lowest BCUT2D eigenvalue weighted by atomic mass is 10.1. The van der Waals surface area contributed by atoms with Crippen molar-refractivity contribution in [3.05, 3.63) is 53.6 Å². The minimum Gasteiger partial charge on any atom is -0.378 e. The molecule has 1 aliphatic rings. The fourth-order valence-electron chi connectivity index (χ4n) is 3.00. The first-order valence-electron chi connectivity index (χ1n) is 9.07. The summed E-state index contributed by atoms with van der Waals surface area (Å²) in [6.07, 6.45) is -3.50. The Morgan fingerprint density at radius 3 is 2.36 bits per heavy atom. The summed E-state index contributed by atoms with van der Waals surface area (Å²) in [5.41, 5.74) is 2.23. The number of benzene rings is 2. The van der Waals surface area contributed by atoms with Gasteiger partial charge in [-0.3, -0.25) is 0 Å². The number of aryl methyl sites for hydroxylation is 1. The molecular weight excluding hydrogens is 387 g/mol. The van der Waals surface area contributed by atoms with E-state index in [0.29, 0.717) is 37.7 Å². The molecule has 0 spiro atoms. The molecular formula is C20H22F3N3OS. The van der Waals surface area contributed by atoms with Gasteiger partial charge < -0.3 is 20.3 Å². The van der Waals surface area contributed by atoms with Crippen LogP contribution in [0.1, 0.15) is 18.1 Å². The molecule has 3 rings (SSSR count). The van der Waals surface area contributed by atoms with Crippen LogP contribution in [0.4, 0.5) is 30.2 Å². The zero-order valence-corrected chi connectivity index (χ0v) is 16.3. The van der Waals surface area contributed by atoms with Gasteiger partial charge in [-0.05, 0) is 54.5 Å². The summed E-state index contributed by atoms with van der Waals surface area (Å²) in [5.74, 6) is 0. The van der Waals surface area contributed by atoms with Gasteiger partial charge in [-0.15, -0.1) is 0 Å². The predicted molar refractivity (Wildman–Crippen MR) is 110 cm³/mol. The number of hydrogen-bond donors (Lipinski definition) is 2. The van der Waals surface area contributed by atoms with E-state index in [0.717, 1.165) is 24.2 Å². The predicted octanol–water partition coefficient (Wildman–Crippen LogP) is 4.91. The van der Waals surface area contributed by atoms with Crippen molar-refractivity contribution in [3.63, 3.8) is 0 Å². The van der Waals surface area contributed by atoms with E-state index in [1.807, 2.05) is 29.2 Å². The van der Waals surface area contributed by atoms with Crippen LogP contribution in [0.2, 0.25) is 0 Å². The molecule has 1 saturated heterocycles. The third-order valence-corrected chi connectivity index (χ3v) is 4.75. The number of alkyl halides is 3. The summed E-state index contributed by atoms with van der Waals surface area (Å²) in [6.45, 7) is 4.35. The fourth-order valence-corrected chi connectivity index (χ4v) is 3.23. The van der Waals surface area contributed by atoms with Crippen LogP contribution in [0.25, 0.3) is 0 Å². The van der Waals surface area contributed by atoms with Gasteiger partial charge in [-0.1, -0.05) is 19.1 Å². The van der Waals surface area contributed by atoms with Crippen LogP contribution in [0.15, 0.2) is 42.5 Å². The van der Waals surface area contributed by atoms with E-state index in [-0.39, 0.29) is 5.11 Å². The largest absolute Gasteiger partial charge is 0.416 e. The minimum atomic E-state index is -4.43. The Balaban J connectivity index is 1.81. The molecule has 1 fully saturated rings. The van der Waals surface area contributed by atoms with Gasteiger partial charge >= 0.3 is 6.18 Å². The molecule has 0 aliphatic carbocycles. The summed E-state index contributed by atoms with van der Waals surface area (Å²) < 4.78 is 44.9. The van der Waals surface area contributed by atoms with E-state index >= 15 is 0 Å². The van der Waals surface area contributed by atoms with E-state index in [9.17, 15) is 13.2 Å². The fraction of sp³-hybridized carbons (Fsp3) is 0.350. The number of anilines is 3. The zero-order chi connectivity index (χ0) is 20.1. The summed E-state index contributed by atoms with van der Waals surface area (Å²) in [7, 11) is 0. The quantitative estimate of drug-likeness (QED) is 0.702. The highest BCUT2D eigenvalue weighted by molar-refractivity contribution is 7.80. The van der Waals surface area contributed by atoms with Gasteiger partial charge in [-0.2, -0.15) is 13.2 Å². The number of halogens is 3. The van der Waals surface area contributed by atoms with E-state index in [1.165, 1.54) is 11.6 Å². The van der Waals surface area contributed by atoms with Crippen molar-refractivity contribution in [2.75, 3.05) is 41.8 Å². The zero-order valence-electron chi connectivity index (χ0n) is 15.5. The average molecular weight is 409 g/mol. The molecule has 8 heteroatoms. The maximum absolute atomic E-state index is 13.2. The number of ether oxygens (including phenoxy) is 1. The summed E-state index contributed by atoms with van der Waals surface area (Å²) >= 11 is 5.33. The van der Waals surface area contributed by atoms with Crippen LogP contribution in [-0.2, 0) is 17.3 Å². The van der Waals surface area contributed by atoms with Crippen LogP contribution in [0.3, 0.4) is 0 Å². The third kappa shape index (κ3) is 5.14. The van der Waals surface area contributed by atoms with Crippen LogP contribution in [0, 0.1) is 0 Å². The Morgan fingerprint density at radius 1 is 1.07 bits per heavy atom. The Kier molecular flexibility index (Phi) is 6.41. The van der Waals surface area contributed by atoms with E-state index in [1.54, 1.807) is 0 Å². The van der Waals surface area contributed by atoms with Gasteiger partial charge in [0, 0.05) is 18.8 Å². The highest BCUT2D eigenvalue weighted by Gasteiger charge is 2.31. The molecule has 0 radical (unpaired) electrons. The topological polar surface area (TPSA) is 36.5 Å². The second kappa shape index (κ2) is 8.79. The molecule has 0 bridgehead atoms. The highest BCUT2D eigenvalue weighted by Crippen LogP contribution is 2.35. The van der Waals surface area contributed by atoms with E-state index in [4.69, 9.17) is 17.0 Å². The smallest absolute Gasteiger partial charge is 0.378 e. The lowest BCUT2D eigenvalue weighted by molar-refractivity contribution is -0.137. The maximum atomic E-state index is 13.2. The van der Waals surface area contributed by atoms with Gasteiger partial charge in [0.05, 0.1) is 30.2 Å². The van der Waals surface area contributed by atoms with E-state index < -0.39 is 11.7 Å². The van der Waals surface area contributed by atoms with Crippen molar-refractivity contribution in [2.24, 2.45) is 0 Å². The Bertz CT molecular complexity index is 818. The van der Waals surface area contributed by atoms with Gasteiger partial charge in [-0.25, -0.2) is 0 Å². The Hall–Kier alpha value is -2.32. The van der Waals surface area contributed by atoms with Crippen LogP contribution < -0.4 is 15.5 Å². The number of rotatable bonds is 4. The van der Waals surface area contributed by atoms with Crippen LogP contribution in [-0.4, -0.2) is 31.4 Å². The van der Waals surface area contributed by atoms with Gasteiger partial charge in [0.25, 0.3) is 0 Å². The monoisotopic (exact) mass is 409 g/mol. The highest BCUT2D eigenvalue weighted by atomic mass is 32.1. The number of thiocarbonyl (C=S) groups is 1. The molecule has 28 heavy (non-hydrogen) atoms. The first kappa shape index (κ1) is 20.4. The molecule has 0 saturated carbocycles. The number of nitrogens with zero attached hydrogens (tertiary/aromatic N) is 1. The van der Waals surface area contributed by atoms with Crippen LogP contribution >= 0.6 is 12.2 Å². The first-order chi connectivity index (χ1) is 13.4. The van der Waals surface area contributed by atoms with Gasteiger partial charge in [0.2, 0.25) is 0 Å². The number of morpholine rings is 1. The number of hydrogen-bond acceptors (Lipinski definition) is 3. The molecule has 2 aromatic carbocycles. The molecule has 2 N–H and O–H groups in total. The van der Waals surface area contributed by atoms with Gasteiger partial charge in [0.1, 0.15) is 0 Å². The summed E-state index contributed by atoms with van der Waals surface area (Å²) in [5, 5.41) is 6.20. The second-order valence-corrected chi connectivity index (χ2v) is 6.87. The standard InChI is InChI=1S/C20H22F3N3OS/c1-2-14-3-6-16(7-4-14)24-19(28)25-17-13-15(20(21,22)23)5-8-18(17)26-9-11-27-12-10-26/h3-8,13H,2,9-12H2,1H3,(H2,24,25,28). The average Bonchev–Trinajstić information content (AvgIpc) is 2.68. The van der Waals surface area contributed by atoms with Crippen molar-refractivity contribution < 1.29 is 17.9 Å². The normalized spacial score (nSPS) is 14.6. The molecule has 0 amide bonds. The Morgan fingerprint density at radius 2 is 1.75 bits per heavy atom. The van der Waals surface area contributed by atoms with Crippen molar-refractivity contribution in [1.82, 2.24) is 0 Å². The molecule has 150 valence electrons. The molecule has 0 aromatic heterocycles.